The van der Waals surface area contributed by atoms with Gasteiger partial charge in [-0.3, -0.25) is 4.79 Å². The summed E-state index contributed by atoms with van der Waals surface area (Å²) in [6.07, 6.45) is 2.58. The van der Waals surface area contributed by atoms with Crippen LogP contribution in [-0.2, 0) is 4.79 Å². The SMILES string of the molecule is Cc1cc(C)cc(OCC(=O)N[C@@H](C)c2ccc(N3CCC[C@H](C)C3)cc2)c1. The second kappa shape index (κ2) is 9.13. The Morgan fingerprint density at radius 1 is 1.18 bits per heavy atom. The van der Waals surface area contributed by atoms with Gasteiger partial charge in [0.25, 0.3) is 5.91 Å². The summed E-state index contributed by atoms with van der Waals surface area (Å²) in [5, 5.41) is 3.02. The summed E-state index contributed by atoms with van der Waals surface area (Å²) >= 11 is 0. The molecule has 0 saturated carbocycles. The maximum atomic E-state index is 12.3. The molecule has 1 fully saturated rings. The largest absolute Gasteiger partial charge is 0.484 e. The van der Waals surface area contributed by atoms with Crippen LogP contribution in [0.2, 0.25) is 0 Å². The third kappa shape index (κ3) is 5.51. The van der Waals surface area contributed by atoms with Gasteiger partial charge in [0.2, 0.25) is 0 Å². The molecule has 0 spiro atoms. The summed E-state index contributed by atoms with van der Waals surface area (Å²) in [5.74, 6) is 1.38. The van der Waals surface area contributed by atoms with Crippen LogP contribution >= 0.6 is 0 Å². The van der Waals surface area contributed by atoms with Gasteiger partial charge in [-0.05, 0) is 80.5 Å². The van der Waals surface area contributed by atoms with Crippen LogP contribution in [0, 0.1) is 19.8 Å². The topological polar surface area (TPSA) is 41.6 Å². The lowest BCUT2D eigenvalue weighted by Gasteiger charge is -2.33. The van der Waals surface area contributed by atoms with Gasteiger partial charge in [-0.1, -0.05) is 25.1 Å². The van der Waals surface area contributed by atoms with E-state index in [0.29, 0.717) is 0 Å². The van der Waals surface area contributed by atoms with Gasteiger partial charge in [0.15, 0.2) is 6.61 Å². The molecule has 1 saturated heterocycles. The monoisotopic (exact) mass is 380 g/mol. The van der Waals surface area contributed by atoms with Gasteiger partial charge >= 0.3 is 0 Å². The zero-order valence-corrected chi connectivity index (χ0v) is 17.5. The van der Waals surface area contributed by atoms with Crippen LogP contribution in [0.25, 0.3) is 0 Å². The molecule has 1 amide bonds. The number of ether oxygens (including phenoxy) is 1. The molecule has 150 valence electrons. The molecule has 0 aromatic heterocycles. The first kappa shape index (κ1) is 20.2. The summed E-state index contributed by atoms with van der Waals surface area (Å²) in [5.41, 5.74) is 4.64. The van der Waals surface area contributed by atoms with E-state index >= 15 is 0 Å². The first-order chi connectivity index (χ1) is 13.4. The number of rotatable bonds is 6. The van der Waals surface area contributed by atoms with E-state index in [2.05, 4.69) is 47.5 Å². The van der Waals surface area contributed by atoms with Crippen LogP contribution in [0.1, 0.15) is 49.4 Å². The zero-order chi connectivity index (χ0) is 20.1. The number of anilines is 1. The second-order valence-electron chi connectivity index (χ2n) is 8.19. The van der Waals surface area contributed by atoms with E-state index in [1.165, 1.54) is 18.5 Å². The van der Waals surface area contributed by atoms with Crippen molar-refractivity contribution in [3.63, 3.8) is 0 Å². The van der Waals surface area contributed by atoms with Crippen molar-refractivity contribution < 1.29 is 9.53 Å². The van der Waals surface area contributed by atoms with Gasteiger partial charge in [0, 0.05) is 18.8 Å². The fourth-order valence-electron chi connectivity index (χ4n) is 3.93. The van der Waals surface area contributed by atoms with Crippen molar-refractivity contribution in [2.75, 3.05) is 24.6 Å². The Hall–Kier alpha value is -2.49. The minimum Gasteiger partial charge on any atom is -0.484 e. The number of nitrogens with zero attached hydrogens (tertiary/aromatic N) is 1. The van der Waals surface area contributed by atoms with E-state index in [-0.39, 0.29) is 18.6 Å². The Morgan fingerprint density at radius 3 is 2.50 bits per heavy atom. The first-order valence-electron chi connectivity index (χ1n) is 10.3. The van der Waals surface area contributed by atoms with Crippen molar-refractivity contribution in [2.45, 2.75) is 46.6 Å². The number of benzene rings is 2. The van der Waals surface area contributed by atoms with Crippen molar-refractivity contribution in [1.29, 1.82) is 0 Å². The maximum Gasteiger partial charge on any atom is 0.258 e. The van der Waals surface area contributed by atoms with E-state index in [0.717, 1.165) is 41.4 Å². The molecule has 1 aliphatic heterocycles. The highest BCUT2D eigenvalue weighted by Crippen LogP contribution is 2.24. The summed E-state index contributed by atoms with van der Waals surface area (Å²) in [7, 11) is 0. The van der Waals surface area contributed by atoms with E-state index in [9.17, 15) is 4.79 Å². The van der Waals surface area contributed by atoms with Crippen molar-refractivity contribution in [2.24, 2.45) is 5.92 Å². The molecule has 1 N–H and O–H groups in total. The number of amides is 1. The highest BCUT2D eigenvalue weighted by atomic mass is 16.5. The second-order valence-corrected chi connectivity index (χ2v) is 8.19. The summed E-state index contributed by atoms with van der Waals surface area (Å²) in [6, 6.07) is 14.5. The fraction of sp³-hybridized carbons (Fsp3) is 0.458. The normalized spacial score (nSPS) is 17.9. The molecule has 0 aliphatic carbocycles. The molecule has 0 unspecified atom stereocenters. The van der Waals surface area contributed by atoms with Gasteiger partial charge in [0.05, 0.1) is 6.04 Å². The Labute approximate surface area is 168 Å². The molecule has 4 heteroatoms. The molecule has 0 bridgehead atoms. The molecule has 1 aliphatic rings. The molecule has 28 heavy (non-hydrogen) atoms. The van der Waals surface area contributed by atoms with Gasteiger partial charge < -0.3 is 15.0 Å². The van der Waals surface area contributed by atoms with Gasteiger partial charge in [0.1, 0.15) is 5.75 Å². The maximum absolute atomic E-state index is 12.3. The minimum atomic E-state index is -0.111. The highest BCUT2D eigenvalue weighted by molar-refractivity contribution is 5.78. The van der Waals surface area contributed by atoms with E-state index < -0.39 is 0 Å². The summed E-state index contributed by atoms with van der Waals surface area (Å²) in [4.78, 5) is 14.7. The Balaban J connectivity index is 1.52. The molecule has 4 nitrogen and oxygen atoms in total. The first-order valence-corrected chi connectivity index (χ1v) is 10.3. The van der Waals surface area contributed by atoms with Crippen LogP contribution in [0.3, 0.4) is 0 Å². The Morgan fingerprint density at radius 2 is 1.86 bits per heavy atom. The zero-order valence-electron chi connectivity index (χ0n) is 17.5. The third-order valence-electron chi connectivity index (χ3n) is 5.36. The lowest BCUT2D eigenvalue weighted by molar-refractivity contribution is -0.123. The van der Waals surface area contributed by atoms with Gasteiger partial charge in [-0.2, -0.15) is 0 Å². The van der Waals surface area contributed by atoms with E-state index in [1.807, 2.05) is 32.9 Å². The molecular formula is C24H32N2O2. The van der Waals surface area contributed by atoms with Crippen molar-refractivity contribution in [3.8, 4) is 5.75 Å². The van der Waals surface area contributed by atoms with Crippen LogP contribution in [-0.4, -0.2) is 25.6 Å². The van der Waals surface area contributed by atoms with Crippen LogP contribution in [0.15, 0.2) is 42.5 Å². The number of piperidine rings is 1. The quantitative estimate of drug-likeness (QED) is 0.783. The Bertz CT molecular complexity index is 781. The lowest BCUT2D eigenvalue weighted by atomic mass is 9.99. The standard InChI is InChI=1S/C24H32N2O2/c1-17-6-5-11-26(15-17)22-9-7-21(8-10-22)20(4)25-24(27)16-28-23-13-18(2)12-19(3)14-23/h7-10,12-14,17,20H,5-6,11,15-16H2,1-4H3,(H,25,27)/t17-,20-/m0/s1. The number of carbonyl (C=O) groups is 1. The Kier molecular flexibility index (Phi) is 6.61. The van der Waals surface area contributed by atoms with Crippen LogP contribution in [0.5, 0.6) is 5.75 Å². The number of carbonyl (C=O) groups excluding carboxylic acids is 1. The molecule has 2 atom stereocenters. The molecule has 3 rings (SSSR count). The predicted molar refractivity (Wildman–Crippen MR) is 115 cm³/mol. The van der Waals surface area contributed by atoms with Gasteiger partial charge in [-0.25, -0.2) is 0 Å². The third-order valence-corrected chi connectivity index (χ3v) is 5.36. The molecule has 0 radical (unpaired) electrons. The van der Waals surface area contributed by atoms with Crippen LogP contribution < -0.4 is 15.0 Å². The van der Waals surface area contributed by atoms with Crippen molar-refractivity contribution in [1.82, 2.24) is 5.32 Å². The summed E-state index contributed by atoms with van der Waals surface area (Å²) < 4.78 is 5.66. The predicted octanol–water partition coefficient (Wildman–Crippen LogP) is 4.80. The number of nitrogens with one attached hydrogen (secondary N) is 1. The smallest absolute Gasteiger partial charge is 0.258 e. The molecule has 1 heterocycles. The van der Waals surface area contributed by atoms with Crippen LogP contribution in [0.4, 0.5) is 5.69 Å². The minimum absolute atomic E-state index is 0.0248. The summed E-state index contributed by atoms with van der Waals surface area (Å²) in [6.45, 7) is 10.7. The van der Waals surface area contributed by atoms with Gasteiger partial charge in [-0.15, -0.1) is 0 Å². The molecule has 2 aromatic carbocycles. The van der Waals surface area contributed by atoms with Crippen molar-refractivity contribution >= 4 is 11.6 Å². The molecular weight excluding hydrogens is 348 g/mol. The average molecular weight is 381 g/mol. The van der Waals surface area contributed by atoms with Crippen molar-refractivity contribution in [3.05, 3.63) is 59.2 Å². The number of hydrogen-bond donors (Lipinski definition) is 1. The van der Waals surface area contributed by atoms with E-state index in [4.69, 9.17) is 4.74 Å². The average Bonchev–Trinajstić information content (AvgIpc) is 2.66. The fourth-order valence-corrected chi connectivity index (χ4v) is 3.93. The molecule has 2 aromatic rings. The lowest BCUT2D eigenvalue weighted by Crippen LogP contribution is -2.34. The highest BCUT2D eigenvalue weighted by Gasteiger charge is 2.17. The number of aryl methyl sites for hydroxylation is 2. The number of hydrogen-bond acceptors (Lipinski definition) is 3. The van der Waals surface area contributed by atoms with E-state index in [1.54, 1.807) is 0 Å².